The first kappa shape index (κ1) is 24.3. The molecule has 0 radical (unpaired) electrons. The van der Waals surface area contributed by atoms with Crippen molar-refractivity contribution in [3.63, 3.8) is 0 Å². The molecule has 1 unspecified atom stereocenters. The molecule has 0 spiro atoms. The van der Waals surface area contributed by atoms with Crippen molar-refractivity contribution in [2.45, 2.75) is 59.1 Å². The molecular weight excluding hydrogens is 380 g/mol. The van der Waals surface area contributed by atoms with E-state index in [2.05, 4.69) is 24.3 Å². The fourth-order valence-electron chi connectivity index (χ4n) is 3.14. The second-order valence-corrected chi connectivity index (χ2v) is 8.27. The molecule has 2 aromatic rings. The summed E-state index contributed by atoms with van der Waals surface area (Å²) in [5.74, 6) is -0.184. The van der Waals surface area contributed by atoms with Crippen LogP contribution >= 0.6 is 0 Å². The van der Waals surface area contributed by atoms with Gasteiger partial charge in [0.2, 0.25) is 5.91 Å². The Morgan fingerprint density at radius 1 is 1.03 bits per heavy atom. The SMILES string of the molecule is CCOC(CN(Cc1ccc2ccccc2c1)C(=O)C(N)COC(C)(C)C)OCC. The van der Waals surface area contributed by atoms with E-state index in [1.807, 2.05) is 52.8 Å². The minimum Gasteiger partial charge on any atom is -0.374 e. The van der Waals surface area contributed by atoms with Gasteiger partial charge in [0.25, 0.3) is 0 Å². The Labute approximate surface area is 180 Å². The maximum atomic E-state index is 13.2. The minimum atomic E-state index is -0.756. The number of benzene rings is 2. The van der Waals surface area contributed by atoms with Crippen LogP contribution in [-0.2, 0) is 25.5 Å². The van der Waals surface area contributed by atoms with Crippen molar-refractivity contribution in [3.05, 3.63) is 48.0 Å². The fraction of sp³-hybridized carbons (Fsp3) is 0.542. The average molecular weight is 417 g/mol. The van der Waals surface area contributed by atoms with E-state index < -0.39 is 12.3 Å². The van der Waals surface area contributed by atoms with Gasteiger partial charge in [-0.3, -0.25) is 4.79 Å². The number of carbonyl (C=O) groups excluding carboxylic acids is 1. The molecule has 6 nitrogen and oxygen atoms in total. The zero-order chi connectivity index (χ0) is 22.1. The van der Waals surface area contributed by atoms with Crippen LogP contribution in [0.2, 0.25) is 0 Å². The van der Waals surface area contributed by atoms with E-state index in [4.69, 9.17) is 19.9 Å². The predicted octanol–water partition coefficient (Wildman–Crippen LogP) is 3.71. The van der Waals surface area contributed by atoms with Gasteiger partial charge in [-0.05, 0) is 57.0 Å². The first-order chi connectivity index (χ1) is 14.2. The molecule has 0 saturated carbocycles. The molecule has 0 fully saturated rings. The molecule has 166 valence electrons. The van der Waals surface area contributed by atoms with Crippen molar-refractivity contribution < 1.29 is 19.0 Å². The van der Waals surface area contributed by atoms with Crippen LogP contribution in [0.25, 0.3) is 10.8 Å². The molecule has 0 aromatic heterocycles. The van der Waals surface area contributed by atoms with Crippen LogP contribution in [0, 0.1) is 0 Å². The number of nitrogens with two attached hydrogens (primary N) is 1. The van der Waals surface area contributed by atoms with Gasteiger partial charge in [-0.15, -0.1) is 0 Å². The molecule has 1 amide bonds. The lowest BCUT2D eigenvalue weighted by atomic mass is 10.1. The molecule has 0 aliphatic rings. The Bertz CT molecular complexity index is 797. The quantitative estimate of drug-likeness (QED) is 0.565. The van der Waals surface area contributed by atoms with Gasteiger partial charge in [0.15, 0.2) is 6.29 Å². The molecule has 30 heavy (non-hydrogen) atoms. The fourth-order valence-corrected chi connectivity index (χ4v) is 3.14. The van der Waals surface area contributed by atoms with E-state index in [0.717, 1.165) is 16.3 Å². The molecule has 0 saturated heterocycles. The molecule has 1 atom stereocenters. The van der Waals surface area contributed by atoms with Crippen LogP contribution in [-0.4, -0.2) is 55.1 Å². The van der Waals surface area contributed by atoms with Crippen molar-refractivity contribution in [2.75, 3.05) is 26.4 Å². The summed E-state index contributed by atoms with van der Waals surface area (Å²) in [4.78, 5) is 14.9. The molecule has 0 aliphatic heterocycles. The third kappa shape index (κ3) is 7.69. The zero-order valence-electron chi connectivity index (χ0n) is 18.9. The number of carbonyl (C=O) groups is 1. The summed E-state index contributed by atoms with van der Waals surface area (Å²) in [7, 11) is 0. The van der Waals surface area contributed by atoms with Gasteiger partial charge in [0, 0.05) is 19.8 Å². The molecule has 2 aromatic carbocycles. The maximum Gasteiger partial charge on any atom is 0.242 e. The third-order valence-corrected chi connectivity index (χ3v) is 4.59. The van der Waals surface area contributed by atoms with Crippen molar-refractivity contribution in [1.29, 1.82) is 0 Å². The Kier molecular flexibility index (Phi) is 9.24. The van der Waals surface area contributed by atoms with Crippen molar-refractivity contribution >= 4 is 16.7 Å². The van der Waals surface area contributed by atoms with Gasteiger partial charge in [-0.25, -0.2) is 0 Å². The molecular formula is C24H36N2O4. The smallest absolute Gasteiger partial charge is 0.242 e. The van der Waals surface area contributed by atoms with Crippen LogP contribution in [0.5, 0.6) is 0 Å². The lowest BCUT2D eigenvalue weighted by Crippen LogP contribution is -2.49. The first-order valence-electron chi connectivity index (χ1n) is 10.6. The van der Waals surface area contributed by atoms with Gasteiger partial charge in [-0.2, -0.15) is 0 Å². The van der Waals surface area contributed by atoms with E-state index >= 15 is 0 Å². The number of amides is 1. The van der Waals surface area contributed by atoms with E-state index in [0.29, 0.717) is 26.3 Å². The van der Waals surface area contributed by atoms with Gasteiger partial charge in [0.05, 0.1) is 18.8 Å². The van der Waals surface area contributed by atoms with Gasteiger partial charge >= 0.3 is 0 Å². The monoisotopic (exact) mass is 416 g/mol. The highest BCUT2D eigenvalue weighted by Crippen LogP contribution is 2.18. The number of ether oxygens (including phenoxy) is 3. The summed E-state index contributed by atoms with van der Waals surface area (Å²) in [6.07, 6.45) is -0.500. The first-order valence-corrected chi connectivity index (χ1v) is 10.6. The molecule has 2 rings (SSSR count). The summed E-state index contributed by atoms with van der Waals surface area (Å²) in [5, 5.41) is 2.30. The molecule has 6 heteroatoms. The Morgan fingerprint density at radius 2 is 1.67 bits per heavy atom. The number of hydrogen-bond donors (Lipinski definition) is 1. The Morgan fingerprint density at radius 3 is 2.27 bits per heavy atom. The molecule has 0 bridgehead atoms. The van der Waals surface area contributed by atoms with Crippen LogP contribution in [0.15, 0.2) is 42.5 Å². The highest BCUT2D eigenvalue weighted by Gasteiger charge is 2.26. The predicted molar refractivity (Wildman–Crippen MR) is 120 cm³/mol. The number of nitrogens with zero attached hydrogens (tertiary/aromatic N) is 1. The van der Waals surface area contributed by atoms with E-state index in [1.165, 1.54) is 0 Å². The van der Waals surface area contributed by atoms with Gasteiger partial charge in [0.1, 0.15) is 6.04 Å². The Balaban J connectivity index is 2.20. The van der Waals surface area contributed by atoms with E-state index in [9.17, 15) is 4.79 Å². The maximum absolute atomic E-state index is 13.2. The Hall–Kier alpha value is -1.99. The van der Waals surface area contributed by atoms with Crippen LogP contribution in [0.1, 0.15) is 40.2 Å². The van der Waals surface area contributed by atoms with Crippen LogP contribution in [0.4, 0.5) is 0 Å². The van der Waals surface area contributed by atoms with Gasteiger partial charge < -0.3 is 24.8 Å². The largest absolute Gasteiger partial charge is 0.374 e. The molecule has 0 heterocycles. The lowest BCUT2D eigenvalue weighted by molar-refractivity contribution is -0.161. The van der Waals surface area contributed by atoms with Crippen molar-refractivity contribution in [1.82, 2.24) is 4.90 Å². The number of rotatable bonds is 11. The van der Waals surface area contributed by atoms with Crippen LogP contribution in [0.3, 0.4) is 0 Å². The highest BCUT2D eigenvalue weighted by molar-refractivity contribution is 5.84. The van der Waals surface area contributed by atoms with Gasteiger partial charge in [-0.1, -0.05) is 36.4 Å². The second kappa shape index (κ2) is 11.4. The second-order valence-electron chi connectivity index (χ2n) is 8.27. The average Bonchev–Trinajstić information content (AvgIpc) is 2.70. The van der Waals surface area contributed by atoms with E-state index in [1.54, 1.807) is 4.90 Å². The highest BCUT2D eigenvalue weighted by atomic mass is 16.7. The zero-order valence-corrected chi connectivity index (χ0v) is 18.9. The summed E-state index contributed by atoms with van der Waals surface area (Å²) >= 11 is 0. The van der Waals surface area contributed by atoms with Crippen LogP contribution < -0.4 is 5.73 Å². The number of hydrogen-bond acceptors (Lipinski definition) is 5. The molecule has 0 aliphatic carbocycles. The summed E-state index contributed by atoms with van der Waals surface area (Å²) in [6, 6.07) is 13.6. The number of fused-ring (bicyclic) bond motifs is 1. The normalized spacial score (nSPS) is 13.0. The third-order valence-electron chi connectivity index (χ3n) is 4.59. The topological polar surface area (TPSA) is 74.0 Å². The summed E-state index contributed by atoms with van der Waals surface area (Å²) < 4.78 is 17.1. The minimum absolute atomic E-state index is 0.157. The standard InChI is InChI=1S/C24H36N2O4/c1-6-28-22(29-7-2)16-26(23(27)21(25)17-30-24(3,4)5)15-18-12-13-19-10-8-9-11-20(19)14-18/h8-14,21-22H,6-7,15-17,25H2,1-5H3. The van der Waals surface area contributed by atoms with Crippen molar-refractivity contribution in [3.8, 4) is 0 Å². The summed E-state index contributed by atoms with van der Waals surface area (Å²) in [6.45, 7) is 11.5. The van der Waals surface area contributed by atoms with Crippen molar-refractivity contribution in [2.24, 2.45) is 5.73 Å². The van der Waals surface area contributed by atoms with E-state index in [-0.39, 0.29) is 18.1 Å². The lowest BCUT2D eigenvalue weighted by Gasteiger charge is -2.30. The summed E-state index contributed by atoms with van der Waals surface area (Å²) in [5.41, 5.74) is 6.86. The molecule has 2 N–H and O–H groups in total.